The van der Waals surface area contributed by atoms with Crippen molar-refractivity contribution in [2.24, 2.45) is 0 Å². The highest BCUT2D eigenvalue weighted by Gasteiger charge is 2.26. The molecule has 1 atom stereocenters. The predicted octanol–water partition coefficient (Wildman–Crippen LogP) is 5.89. The van der Waals surface area contributed by atoms with Crippen LogP contribution in [0.3, 0.4) is 0 Å². The quantitative estimate of drug-likeness (QED) is 0.418. The van der Waals surface area contributed by atoms with Crippen molar-refractivity contribution in [3.63, 3.8) is 0 Å². The first-order valence-electron chi connectivity index (χ1n) is 9.59. The third-order valence-corrected chi connectivity index (χ3v) is 7.37. The molecule has 1 unspecified atom stereocenters. The van der Waals surface area contributed by atoms with Gasteiger partial charge in [-0.3, -0.25) is 0 Å². The second kappa shape index (κ2) is 7.82. The number of sulfonamides is 1. The van der Waals surface area contributed by atoms with Gasteiger partial charge in [-0.15, -0.1) is 0 Å². The second-order valence-corrected chi connectivity index (χ2v) is 9.19. The largest absolute Gasteiger partial charge is 0.243 e. The van der Waals surface area contributed by atoms with Crippen LogP contribution >= 0.6 is 0 Å². The molecule has 0 bridgehead atoms. The van der Waals surface area contributed by atoms with Crippen LogP contribution in [0.4, 0.5) is 0 Å². The summed E-state index contributed by atoms with van der Waals surface area (Å²) in [4.78, 5) is 0.312. The van der Waals surface area contributed by atoms with E-state index < -0.39 is 10.0 Å². The fraction of sp³-hybridized carbons (Fsp3) is 0.120. The van der Waals surface area contributed by atoms with E-state index in [0.29, 0.717) is 4.90 Å². The normalized spacial score (nSPS) is 12.9. The van der Waals surface area contributed by atoms with Crippen molar-refractivity contribution in [3.05, 3.63) is 103 Å². The van der Waals surface area contributed by atoms with Crippen LogP contribution in [-0.2, 0) is 10.0 Å². The predicted molar refractivity (Wildman–Crippen MR) is 119 cm³/mol. The van der Waals surface area contributed by atoms with Crippen molar-refractivity contribution >= 4 is 20.8 Å². The minimum atomic E-state index is -3.61. The first-order chi connectivity index (χ1) is 14.0. The zero-order valence-corrected chi connectivity index (χ0v) is 17.3. The first kappa shape index (κ1) is 19.4. The molecule has 4 heteroatoms. The maximum Gasteiger partial charge on any atom is 0.243 e. The fourth-order valence-electron chi connectivity index (χ4n) is 3.50. The van der Waals surface area contributed by atoms with Gasteiger partial charge in [-0.05, 0) is 46.5 Å². The van der Waals surface area contributed by atoms with Gasteiger partial charge in [0.1, 0.15) is 0 Å². The van der Waals surface area contributed by atoms with E-state index in [1.807, 2.05) is 79.7 Å². The molecule has 0 aromatic heterocycles. The summed E-state index contributed by atoms with van der Waals surface area (Å²) in [7, 11) is -1.97. The van der Waals surface area contributed by atoms with Crippen LogP contribution in [-0.4, -0.2) is 19.8 Å². The number of benzene rings is 4. The van der Waals surface area contributed by atoms with E-state index in [2.05, 4.69) is 12.1 Å². The molecular formula is C25H23NO2S. The summed E-state index contributed by atoms with van der Waals surface area (Å²) in [6.45, 7) is 1.91. The SMILES string of the molecule is CC(c1ccc(-c2ccccc2)cc1)N(C)S(=O)(=O)c1ccc2ccccc2c1. The highest BCUT2D eigenvalue weighted by atomic mass is 32.2. The minimum Gasteiger partial charge on any atom is -0.207 e. The summed E-state index contributed by atoms with van der Waals surface area (Å²) >= 11 is 0. The van der Waals surface area contributed by atoms with Gasteiger partial charge in [0, 0.05) is 13.1 Å². The molecule has 0 N–H and O–H groups in total. The lowest BCUT2D eigenvalue weighted by molar-refractivity contribution is 0.398. The molecule has 0 aliphatic heterocycles. The molecule has 4 rings (SSSR count). The molecule has 29 heavy (non-hydrogen) atoms. The Morgan fingerprint density at radius 1 is 0.690 bits per heavy atom. The number of fused-ring (bicyclic) bond motifs is 1. The minimum absolute atomic E-state index is 0.281. The van der Waals surface area contributed by atoms with Gasteiger partial charge in [-0.2, -0.15) is 4.31 Å². The Morgan fingerprint density at radius 3 is 1.97 bits per heavy atom. The van der Waals surface area contributed by atoms with E-state index >= 15 is 0 Å². The summed E-state index contributed by atoms with van der Waals surface area (Å²) in [5, 5.41) is 1.94. The van der Waals surface area contributed by atoms with E-state index in [9.17, 15) is 8.42 Å². The van der Waals surface area contributed by atoms with E-state index in [1.165, 1.54) is 4.31 Å². The van der Waals surface area contributed by atoms with E-state index in [1.54, 1.807) is 19.2 Å². The van der Waals surface area contributed by atoms with Gasteiger partial charge in [0.2, 0.25) is 10.0 Å². The molecule has 4 aromatic rings. The molecule has 0 heterocycles. The molecule has 3 nitrogen and oxygen atoms in total. The summed E-state index contributed by atoms with van der Waals surface area (Å²) in [6, 6.07) is 31.0. The Morgan fingerprint density at radius 2 is 1.28 bits per heavy atom. The maximum absolute atomic E-state index is 13.2. The summed E-state index contributed by atoms with van der Waals surface area (Å²) in [5.74, 6) is 0. The second-order valence-electron chi connectivity index (χ2n) is 7.19. The van der Waals surface area contributed by atoms with Gasteiger partial charge in [0.25, 0.3) is 0 Å². The summed E-state index contributed by atoms with van der Waals surface area (Å²) in [6.07, 6.45) is 0. The molecule has 0 aliphatic carbocycles. The molecule has 0 saturated carbocycles. The topological polar surface area (TPSA) is 37.4 Å². The lowest BCUT2D eigenvalue weighted by Crippen LogP contribution is -2.29. The molecule has 4 aromatic carbocycles. The molecule has 0 aliphatic rings. The molecule has 0 spiro atoms. The van der Waals surface area contributed by atoms with Gasteiger partial charge >= 0.3 is 0 Å². The lowest BCUT2D eigenvalue weighted by Gasteiger charge is -2.25. The third kappa shape index (κ3) is 3.82. The van der Waals surface area contributed by atoms with Gasteiger partial charge in [-0.1, -0.05) is 84.9 Å². The van der Waals surface area contributed by atoms with Gasteiger partial charge in [-0.25, -0.2) is 8.42 Å². The van der Waals surface area contributed by atoms with Gasteiger partial charge < -0.3 is 0 Å². The lowest BCUT2D eigenvalue weighted by atomic mass is 10.0. The number of rotatable bonds is 5. The Kier molecular flexibility index (Phi) is 5.22. The molecule has 0 saturated heterocycles. The van der Waals surface area contributed by atoms with E-state index in [-0.39, 0.29) is 6.04 Å². The number of hydrogen-bond donors (Lipinski definition) is 0. The Balaban J connectivity index is 1.61. The van der Waals surface area contributed by atoms with Crippen LogP contribution in [0, 0.1) is 0 Å². The molecule has 0 amide bonds. The zero-order valence-electron chi connectivity index (χ0n) is 16.5. The van der Waals surface area contributed by atoms with Crippen molar-refractivity contribution in [2.75, 3.05) is 7.05 Å². The van der Waals surface area contributed by atoms with Crippen LogP contribution in [0.2, 0.25) is 0 Å². The standard InChI is InChI=1S/C25H23NO2S/c1-19(20-12-14-23(15-13-20)21-8-4-3-5-9-21)26(2)29(27,28)25-17-16-22-10-6-7-11-24(22)18-25/h3-19H,1-2H3. The summed E-state index contributed by atoms with van der Waals surface area (Å²) in [5.41, 5.74) is 3.21. The average molecular weight is 402 g/mol. The average Bonchev–Trinajstić information content (AvgIpc) is 2.78. The molecule has 146 valence electrons. The number of hydrogen-bond acceptors (Lipinski definition) is 2. The number of nitrogens with zero attached hydrogens (tertiary/aromatic N) is 1. The van der Waals surface area contributed by atoms with E-state index in [4.69, 9.17) is 0 Å². The first-order valence-corrected chi connectivity index (χ1v) is 11.0. The fourth-order valence-corrected chi connectivity index (χ4v) is 4.88. The monoisotopic (exact) mass is 401 g/mol. The van der Waals surface area contributed by atoms with Crippen molar-refractivity contribution < 1.29 is 8.42 Å². The van der Waals surface area contributed by atoms with Gasteiger partial charge in [0.15, 0.2) is 0 Å². The molecular weight excluding hydrogens is 378 g/mol. The Hall–Kier alpha value is -2.95. The van der Waals surface area contributed by atoms with Crippen LogP contribution in [0.25, 0.3) is 21.9 Å². The smallest absolute Gasteiger partial charge is 0.207 e. The van der Waals surface area contributed by atoms with Crippen molar-refractivity contribution in [1.29, 1.82) is 0 Å². The summed E-state index contributed by atoms with van der Waals surface area (Å²) < 4.78 is 27.8. The highest BCUT2D eigenvalue weighted by molar-refractivity contribution is 7.89. The van der Waals surface area contributed by atoms with Crippen LogP contribution in [0.1, 0.15) is 18.5 Å². The van der Waals surface area contributed by atoms with Crippen molar-refractivity contribution in [3.8, 4) is 11.1 Å². The molecule has 0 radical (unpaired) electrons. The van der Waals surface area contributed by atoms with Gasteiger partial charge in [0.05, 0.1) is 4.90 Å². The van der Waals surface area contributed by atoms with Crippen LogP contribution < -0.4 is 0 Å². The third-order valence-electron chi connectivity index (χ3n) is 5.44. The maximum atomic E-state index is 13.2. The zero-order chi connectivity index (χ0) is 20.4. The van der Waals surface area contributed by atoms with E-state index in [0.717, 1.165) is 27.5 Å². The Bertz CT molecular complexity index is 1230. The highest BCUT2D eigenvalue weighted by Crippen LogP contribution is 2.29. The molecule has 0 fully saturated rings. The van der Waals surface area contributed by atoms with Crippen molar-refractivity contribution in [1.82, 2.24) is 4.31 Å². The Labute approximate surface area is 172 Å². The van der Waals surface area contributed by atoms with Crippen LogP contribution in [0.5, 0.6) is 0 Å². The van der Waals surface area contributed by atoms with Crippen LogP contribution in [0.15, 0.2) is 102 Å². The van der Waals surface area contributed by atoms with Crippen molar-refractivity contribution in [2.45, 2.75) is 17.9 Å².